The van der Waals surface area contributed by atoms with Crippen molar-refractivity contribution in [1.29, 1.82) is 0 Å². The SMILES string of the molecule is Cc1ccc2c(c1)[nH]c(=S)n2C1(C)CCOC1C. The highest BCUT2D eigenvalue weighted by atomic mass is 32.1. The number of hydrogen-bond acceptors (Lipinski definition) is 2. The number of imidazole rings is 1. The van der Waals surface area contributed by atoms with Crippen LogP contribution in [0.25, 0.3) is 11.0 Å². The van der Waals surface area contributed by atoms with Gasteiger partial charge in [0, 0.05) is 6.61 Å². The van der Waals surface area contributed by atoms with E-state index in [1.807, 2.05) is 0 Å². The summed E-state index contributed by atoms with van der Waals surface area (Å²) >= 11 is 5.51. The summed E-state index contributed by atoms with van der Waals surface area (Å²) in [6.45, 7) is 7.25. The Morgan fingerprint density at radius 1 is 1.50 bits per heavy atom. The molecule has 1 aliphatic rings. The van der Waals surface area contributed by atoms with Crippen molar-refractivity contribution in [1.82, 2.24) is 9.55 Å². The number of hydrogen-bond donors (Lipinski definition) is 1. The van der Waals surface area contributed by atoms with Gasteiger partial charge < -0.3 is 14.3 Å². The van der Waals surface area contributed by atoms with Gasteiger partial charge in [-0.2, -0.15) is 0 Å². The van der Waals surface area contributed by atoms with Gasteiger partial charge in [0.1, 0.15) is 0 Å². The van der Waals surface area contributed by atoms with Crippen LogP contribution < -0.4 is 0 Å². The van der Waals surface area contributed by atoms with E-state index in [1.54, 1.807) is 0 Å². The predicted octanol–water partition coefficient (Wildman–Crippen LogP) is 3.53. The zero-order valence-corrected chi connectivity index (χ0v) is 11.8. The molecular formula is C14H18N2OS. The lowest BCUT2D eigenvalue weighted by Gasteiger charge is -2.30. The first-order valence-electron chi connectivity index (χ1n) is 6.36. The molecule has 0 saturated carbocycles. The maximum Gasteiger partial charge on any atom is 0.178 e. The first kappa shape index (κ1) is 11.9. The van der Waals surface area contributed by atoms with Gasteiger partial charge in [0.05, 0.1) is 22.7 Å². The summed E-state index contributed by atoms with van der Waals surface area (Å²) in [5, 5.41) is 0. The second kappa shape index (κ2) is 3.93. The molecule has 1 fully saturated rings. The minimum atomic E-state index is -0.0510. The third kappa shape index (κ3) is 1.56. The van der Waals surface area contributed by atoms with Crippen LogP contribution in [0.4, 0.5) is 0 Å². The van der Waals surface area contributed by atoms with E-state index in [4.69, 9.17) is 17.0 Å². The molecule has 0 spiro atoms. The summed E-state index contributed by atoms with van der Waals surface area (Å²) in [4.78, 5) is 3.31. The van der Waals surface area contributed by atoms with Crippen molar-refractivity contribution in [2.45, 2.75) is 38.8 Å². The number of nitrogens with one attached hydrogen (secondary N) is 1. The van der Waals surface area contributed by atoms with E-state index in [0.29, 0.717) is 0 Å². The molecule has 0 bridgehead atoms. The maximum atomic E-state index is 5.74. The van der Waals surface area contributed by atoms with E-state index in [0.717, 1.165) is 23.3 Å². The van der Waals surface area contributed by atoms with Gasteiger partial charge >= 0.3 is 0 Å². The normalized spacial score (nSPS) is 28.1. The summed E-state index contributed by atoms with van der Waals surface area (Å²) in [6, 6.07) is 6.42. The molecule has 1 aromatic carbocycles. The van der Waals surface area contributed by atoms with Crippen LogP contribution in [0.1, 0.15) is 25.8 Å². The molecule has 2 unspecified atom stereocenters. The molecule has 2 aromatic rings. The summed E-state index contributed by atoms with van der Waals surface area (Å²) < 4.78 is 8.76. The van der Waals surface area contributed by atoms with E-state index in [-0.39, 0.29) is 11.6 Å². The number of benzene rings is 1. The topological polar surface area (TPSA) is 29.9 Å². The Balaban J connectivity index is 2.29. The number of ether oxygens (including phenoxy) is 1. The Bertz CT molecular complexity index is 657. The maximum absolute atomic E-state index is 5.74. The number of nitrogens with zero attached hydrogens (tertiary/aromatic N) is 1. The van der Waals surface area contributed by atoms with E-state index >= 15 is 0 Å². The Kier molecular flexibility index (Phi) is 2.61. The molecule has 0 amide bonds. The van der Waals surface area contributed by atoms with Gasteiger partial charge in [-0.3, -0.25) is 0 Å². The van der Waals surface area contributed by atoms with E-state index in [2.05, 4.69) is 48.5 Å². The summed E-state index contributed by atoms with van der Waals surface area (Å²) in [7, 11) is 0. The fourth-order valence-corrected chi connectivity index (χ4v) is 3.27. The molecular weight excluding hydrogens is 244 g/mol. The van der Waals surface area contributed by atoms with Gasteiger partial charge in [0.25, 0.3) is 0 Å². The highest BCUT2D eigenvalue weighted by Crippen LogP contribution is 2.36. The number of aromatic nitrogens is 2. The smallest absolute Gasteiger partial charge is 0.178 e. The van der Waals surface area contributed by atoms with Crippen molar-refractivity contribution in [2.24, 2.45) is 0 Å². The van der Waals surface area contributed by atoms with Crippen LogP contribution in [0.2, 0.25) is 0 Å². The highest BCUT2D eigenvalue weighted by Gasteiger charge is 2.40. The first-order chi connectivity index (χ1) is 8.52. The standard InChI is InChI=1S/C14H18N2OS/c1-9-4-5-12-11(8-9)15-13(18)16(12)14(3)6-7-17-10(14)2/h4-5,8,10H,6-7H2,1-3H3,(H,15,18). The van der Waals surface area contributed by atoms with E-state index < -0.39 is 0 Å². The molecule has 1 N–H and O–H groups in total. The van der Waals surface area contributed by atoms with Crippen molar-refractivity contribution < 1.29 is 4.74 Å². The second-order valence-corrected chi connectivity index (χ2v) is 5.79. The summed E-state index contributed by atoms with van der Waals surface area (Å²) in [6.07, 6.45) is 1.19. The average molecular weight is 262 g/mol. The molecule has 3 rings (SSSR count). The van der Waals surface area contributed by atoms with Gasteiger partial charge in [-0.15, -0.1) is 0 Å². The average Bonchev–Trinajstić information content (AvgIpc) is 2.79. The van der Waals surface area contributed by atoms with Crippen LogP contribution in [0, 0.1) is 11.7 Å². The van der Waals surface area contributed by atoms with Gasteiger partial charge in [-0.25, -0.2) is 0 Å². The number of rotatable bonds is 1. The van der Waals surface area contributed by atoms with Crippen molar-refractivity contribution in [2.75, 3.05) is 6.61 Å². The van der Waals surface area contributed by atoms with Crippen LogP contribution in [-0.2, 0) is 10.3 Å². The fraction of sp³-hybridized carbons (Fsp3) is 0.500. The molecule has 0 aliphatic carbocycles. The largest absolute Gasteiger partial charge is 0.376 e. The van der Waals surface area contributed by atoms with Crippen LogP contribution >= 0.6 is 12.2 Å². The molecule has 18 heavy (non-hydrogen) atoms. The molecule has 1 aromatic heterocycles. The van der Waals surface area contributed by atoms with Gasteiger partial charge in [-0.1, -0.05) is 6.07 Å². The van der Waals surface area contributed by atoms with Crippen LogP contribution in [-0.4, -0.2) is 22.3 Å². The van der Waals surface area contributed by atoms with Crippen LogP contribution in [0.5, 0.6) is 0 Å². The van der Waals surface area contributed by atoms with Gasteiger partial charge in [0.15, 0.2) is 4.77 Å². The van der Waals surface area contributed by atoms with E-state index in [1.165, 1.54) is 11.1 Å². The molecule has 2 heterocycles. The second-order valence-electron chi connectivity index (χ2n) is 5.41. The fourth-order valence-electron chi connectivity index (χ4n) is 2.85. The summed E-state index contributed by atoms with van der Waals surface area (Å²) in [5.41, 5.74) is 3.47. The lowest BCUT2D eigenvalue weighted by Crippen LogP contribution is -2.36. The lowest BCUT2D eigenvalue weighted by molar-refractivity contribution is 0.0770. The Labute approximate surface area is 112 Å². The highest BCUT2D eigenvalue weighted by molar-refractivity contribution is 7.71. The van der Waals surface area contributed by atoms with Crippen LogP contribution in [0.15, 0.2) is 18.2 Å². The van der Waals surface area contributed by atoms with Crippen molar-refractivity contribution in [3.63, 3.8) is 0 Å². The molecule has 1 aliphatic heterocycles. The van der Waals surface area contributed by atoms with Gasteiger partial charge in [0.2, 0.25) is 0 Å². The quantitative estimate of drug-likeness (QED) is 0.797. The summed E-state index contributed by atoms with van der Waals surface area (Å²) in [5.74, 6) is 0. The monoisotopic (exact) mass is 262 g/mol. The number of aryl methyl sites for hydroxylation is 1. The van der Waals surface area contributed by atoms with Crippen molar-refractivity contribution >= 4 is 23.3 Å². The molecule has 2 atom stereocenters. The zero-order valence-electron chi connectivity index (χ0n) is 11.0. The first-order valence-corrected chi connectivity index (χ1v) is 6.77. The van der Waals surface area contributed by atoms with Crippen molar-refractivity contribution in [3.05, 3.63) is 28.5 Å². The molecule has 3 nitrogen and oxygen atoms in total. The zero-order chi connectivity index (χ0) is 12.9. The number of H-pyrrole nitrogens is 1. The van der Waals surface area contributed by atoms with Crippen molar-refractivity contribution in [3.8, 4) is 0 Å². The van der Waals surface area contributed by atoms with Crippen LogP contribution in [0.3, 0.4) is 0 Å². The molecule has 4 heteroatoms. The third-order valence-corrected chi connectivity index (χ3v) is 4.48. The minimum Gasteiger partial charge on any atom is -0.376 e. The predicted molar refractivity (Wildman–Crippen MR) is 75.5 cm³/mol. The Hall–Kier alpha value is -1.13. The Morgan fingerprint density at radius 3 is 2.94 bits per heavy atom. The number of aromatic amines is 1. The van der Waals surface area contributed by atoms with Gasteiger partial charge in [-0.05, 0) is 57.1 Å². The Morgan fingerprint density at radius 2 is 2.28 bits per heavy atom. The minimum absolute atomic E-state index is 0.0510. The lowest BCUT2D eigenvalue weighted by atomic mass is 9.94. The molecule has 96 valence electrons. The third-order valence-electron chi connectivity index (χ3n) is 4.20. The number of fused-ring (bicyclic) bond motifs is 1. The molecule has 1 saturated heterocycles. The van der Waals surface area contributed by atoms with E-state index in [9.17, 15) is 0 Å². The molecule has 0 radical (unpaired) electrons.